The molecule has 0 aliphatic heterocycles. The molecule has 0 radical (unpaired) electrons. The minimum absolute atomic E-state index is 0.377. The number of rotatable bonds is 4. The molecule has 0 saturated heterocycles. The molecule has 3 aromatic rings. The van der Waals surface area contributed by atoms with E-state index in [4.69, 9.17) is 10.5 Å². The number of nitrogen functional groups attached to an aromatic ring is 1. The van der Waals surface area contributed by atoms with Crippen molar-refractivity contribution in [1.82, 2.24) is 19.5 Å². The van der Waals surface area contributed by atoms with Crippen LogP contribution in [-0.4, -0.2) is 19.5 Å². The van der Waals surface area contributed by atoms with Gasteiger partial charge in [0.1, 0.15) is 18.6 Å². The van der Waals surface area contributed by atoms with E-state index in [-0.39, 0.29) is 0 Å². The molecule has 0 fully saturated rings. The first-order valence-electron chi connectivity index (χ1n) is 5.87. The summed E-state index contributed by atoms with van der Waals surface area (Å²) < 4.78 is 7.44. The van der Waals surface area contributed by atoms with Crippen LogP contribution < -0.4 is 5.73 Å². The van der Waals surface area contributed by atoms with E-state index in [1.54, 1.807) is 10.9 Å². The number of nitrogens with two attached hydrogens (primary N) is 1. The molecule has 0 bridgehead atoms. The summed E-state index contributed by atoms with van der Waals surface area (Å²) in [7, 11) is 0. The molecule has 0 saturated carbocycles. The minimum Gasteiger partial charge on any atom is -0.382 e. The molecule has 3 rings (SSSR count). The maximum Gasteiger partial charge on any atom is 0.167 e. The molecule has 0 spiro atoms. The number of hydrogen-bond donors (Lipinski definition) is 1. The van der Waals surface area contributed by atoms with Gasteiger partial charge < -0.3 is 10.5 Å². The van der Waals surface area contributed by atoms with Gasteiger partial charge in [0.25, 0.3) is 0 Å². The zero-order valence-corrected chi connectivity index (χ0v) is 10.2. The molecule has 6 nitrogen and oxygen atoms in total. The molecule has 1 aromatic carbocycles. The van der Waals surface area contributed by atoms with Crippen LogP contribution in [0.25, 0.3) is 11.2 Å². The number of fused-ring (bicyclic) bond motifs is 1. The average Bonchev–Trinajstić information content (AvgIpc) is 2.85. The van der Waals surface area contributed by atoms with E-state index in [0.717, 1.165) is 5.56 Å². The average molecular weight is 255 g/mol. The second-order valence-corrected chi connectivity index (χ2v) is 4.11. The van der Waals surface area contributed by atoms with Gasteiger partial charge in [0, 0.05) is 0 Å². The Morgan fingerprint density at radius 1 is 1.11 bits per heavy atom. The molecule has 2 N–H and O–H groups in total. The summed E-state index contributed by atoms with van der Waals surface area (Å²) in [6.07, 6.45) is 3.08. The third-order valence-corrected chi connectivity index (χ3v) is 2.77. The quantitative estimate of drug-likeness (QED) is 0.765. The second-order valence-electron chi connectivity index (χ2n) is 4.11. The number of benzene rings is 1. The van der Waals surface area contributed by atoms with Crippen LogP contribution in [-0.2, 0) is 18.1 Å². The van der Waals surface area contributed by atoms with Crippen LogP contribution in [0.5, 0.6) is 0 Å². The van der Waals surface area contributed by atoms with Gasteiger partial charge in [-0.25, -0.2) is 15.0 Å². The van der Waals surface area contributed by atoms with Crippen LogP contribution in [0.15, 0.2) is 43.0 Å². The van der Waals surface area contributed by atoms with Gasteiger partial charge in [-0.1, -0.05) is 30.3 Å². The van der Waals surface area contributed by atoms with Gasteiger partial charge in [-0.15, -0.1) is 0 Å². The lowest BCUT2D eigenvalue weighted by Gasteiger charge is -2.05. The Labute approximate surface area is 109 Å². The smallest absolute Gasteiger partial charge is 0.167 e. The molecule has 0 amide bonds. The van der Waals surface area contributed by atoms with Crippen molar-refractivity contribution in [2.24, 2.45) is 0 Å². The lowest BCUT2D eigenvalue weighted by Crippen LogP contribution is -2.03. The highest BCUT2D eigenvalue weighted by atomic mass is 16.5. The first-order chi connectivity index (χ1) is 9.34. The number of ether oxygens (including phenoxy) is 1. The number of aromatic nitrogens is 4. The predicted molar refractivity (Wildman–Crippen MR) is 71.0 cm³/mol. The monoisotopic (exact) mass is 255 g/mol. The Balaban J connectivity index is 1.71. The molecule has 96 valence electrons. The van der Waals surface area contributed by atoms with Gasteiger partial charge in [0.05, 0.1) is 12.9 Å². The third kappa shape index (κ3) is 2.38. The largest absolute Gasteiger partial charge is 0.382 e. The molecule has 2 heterocycles. The Kier molecular flexibility index (Phi) is 3.07. The highest BCUT2D eigenvalue weighted by Crippen LogP contribution is 2.14. The normalized spacial score (nSPS) is 10.9. The molecule has 0 atom stereocenters. The summed E-state index contributed by atoms with van der Waals surface area (Å²) in [5, 5.41) is 0. The Hall–Kier alpha value is -2.47. The van der Waals surface area contributed by atoms with Crippen molar-refractivity contribution < 1.29 is 4.74 Å². The summed E-state index contributed by atoms with van der Waals surface area (Å²) >= 11 is 0. The zero-order valence-electron chi connectivity index (χ0n) is 10.2. The Morgan fingerprint density at radius 2 is 1.95 bits per heavy atom. The standard InChI is InChI=1S/C13H13N5O/c14-12-11-13(16-7-15-12)18(8-17-11)9-19-6-10-4-2-1-3-5-10/h1-5,7-8H,6,9H2,(H2,14,15,16). The van der Waals surface area contributed by atoms with Crippen LogP contribution in [0.4, 0.5) is 5.82 Å². The molecule has 0 aliphatic carbocycles. The van der Waals surface area contributed by atoms with Crippen molar-refractivity contribution in [2.45, 2.75) is 13.3 Å². The highest BCUT2D eigenvalue weighted by molar-refractivity contribution is 5.80. The van der Waals surface area contributed by atoms with Crippen molar-refractivity contribution in [2.75, 3.05) is 5.73 Å². The first-order valence-corrected chi connectivity index (χ1v) is 5.87. The van der Waals surface area contributed by atoms with E-state index in [0.29, 0.717) is 30.3 Å². The fourth-order valence-electron chi connectivity index (χ4n) is 1.83. The van der Waals surface area contributed by atoms with Gasteiger partial charge in [-0.2, -0.15) is 0 Å². The van der Waals surface area contributed by atoms with Crippen LogP contribution in [0.3, 0.4) is 0 Å². The summed E-state index contributed by atoms with van der Waals surface area (Å²) in [6, 6.07) is 9.99. The van der Waals surface area contributed by atoms with E-state index < -0.39 is 0 Å². The first kappa shape index (κ1) is 11.6. The van der Waals surface area contributed by atoms with Gasteiger partial charge in [0.15, 0.2) is 11.5 Å². The van der Waals surface area contributed by atoms with E-state index in [9.17, 15) is 0 Å². The van der Waals surface area contributed by atoms with Crippen molar-refractivity contribution in [3.8, 4) is 0 Å². The summed E-state index contributed by atoms with van der Waals surface area (Å²) in [6.45, 7) is 0.920. The van der Waals surface area contributed by atoms with Crippen molar-refractivity contribution in [3.63, 3.8) is 0 Å². The predicted octanol–water partition coefficient (Wildman–Crippen LogP) is 1.58. The Morgan fingerprint density at radius 3 is 2.79 bits per heavy atom. The number of nitrogens with zero attached hydrogens (tertiary/aromatic N) is 4. The lowest BCUT2D eigenvalue weighted by atomic mass is 10.2. The van der Waals surface area contributed by atoms with E-state index in [2.05, 4.69) is 15.0 Å². The number of hydrogen-bond acceptors (Lipinski definition) is 5. The fourth-order valence-corrected chi connectivity index (χ4v) is 1.83. The SMILES string of the molecule is Nc1ncnc2c1ncn2COCc1ccccc1. The van der Waals surface area contributed by atoms with Crippen LogP contribution in [0.2, 0.25) is 0 Å². The van der Waals surface area contributed by atoms with Gasteiger partial charge in [-0.3, -0.25) is 4.57 Å². The zero-order chi connectivity index (χ0) is 13.1. The number of anilines is 1. The molecule has 0 aliphatic rings. The third-order valence-electron chi connectivity index (χ3n) is 2.77. The van der Waals surface area contributed by atoms with Gasteiger partial charge >= 0.3 is 0 Å². The summed E-state index contributed by atoms with van der Waals surface area (Å²) in [5.41, 5.74) is 8.13. The fraction of sp³-hybridized carbons (Fsp3) is 0.154. The summed E-state index contributed by atoms with van der Waals surface area (Å²) in [5.74, 6) is 0.381. The molecule has 0 unspecified atom stereocenters. The van der Waals surface area contributed by atoms with Gasteiger partial charge in [0.2, 0.25) is 0 Å². The second kappa shape index (κ2) is 5.03. The minimum atomic E-state index is 0.377. The van der Waals surface area contributed by atoms with Crippen molar-refractivity contribution >= 4 is 17.0 Å². The van der Waals surface area contributed by atoms with E-state index in [1.165, 1.54) is 6.33 Å². The lowest BCUT2D eigenvalue weighted by molar-refractivity contribution is 0.0661. The van der Waals surface area contributed by atoms with E-state index in [1.807, 2.05) is 30.3 Å². The Bertz CT molecular complexity index is 680. The molecular weight excluding hydrogens is 242 g/mol. The summed E-state index contributed by atoms with van der Waals surface area (Å²) in [4.78, 5) is 12.2. The maximum absolute atomic E-state index is 5.72. The maximum atomic E-state index is 5.72. The van der Waals surface area contributed by atoms with Gasteiger partial charge in [-0.05, 0) is 5.56 Å². The van der Waals surface area contributed by atoms with E-state index >= 15 is 0 Å². The van der Waals surface area contributed by atoms with Crippen LogP contribution in [0.1, 0.15) is 5.56 Å². The van der Waals surface area contributed by atoms with Crippen molar-refractivity contribution in [3.05, 3.63) is 48.5 Å². The highest BCUT2D eigenvalue weighted by Gasteiger charge is 2.07. The molecular formula is C13H13N5O. The molecule has 19 heavy (non-hydrogen) atoms. The van der Waals surface area contributed by atoms with Crippen LogP contribution in [0, 0.1) is 0 Å². The van der Waals surface area contributed by atoms with Crippen molar-refractivity contribution in [1.29, 1.82) is 0 Å². The molecule has 2 aromatic heterocycles. The topological polar surface area (TPSA) is 78.9 Å². The number of imidazole rings is 1. The van der Waals surface area contributed by atoms with Crippen LogP contribution >= 0.6 is 0 Å². The molecule has 6 heteroatoms.